The van der Waals surface area contributed by atoms with Gasteiger partial charge in [-0.25, -0.2) is 0 Å². The van der Waals surface area contributed by atoms with E-state index in [4.69, 9.17) is 21.7 Å². The first-order valence-corrected chi connectivity index (χ1v) is 10.9. The average molecular weight is 508 g/mol. The number of carbonyl (C=O) groups excluding carboxylic acids is 2. The van der Waals surface area contributed by atoms with E-state index in [1.165, 1.54) is 0 Å². The lowest BCUT2D eigenvalue weighted by molar-refractivity contribution is -0.123. The Kier molecular flexibility index (Phi) is 8.82. The summed E-state index contributed by atoms with van der Waals surface area (Å²) in [4.78, 5) is 24.3. The van der Waals surface area contributed by atoms with E-state index in [-0.39, 0.29) is 17.1 Å². The van der Waals surface area contributed by atoms with Gasteiger partial charge in [-0.3, -0.25) is 25.8 Å². The largest absolute Gasteiger partial charge is 0.494 e. The smallest absolute Gasteiger partial charge is 0.276 e. The molecule has 2 aromatic carbocycles. The van der Waals surface area contributed by atoms with Crippen molar-refractivity contribution in [3.8, 4) is 11.5 Å². The number of carbonyl (C=O) groups is 2. The maximum Gasteiger partial charge on any atom is 0.276 e. The Balaban J connectivity index is 1.80. The maximum absolute atomic E-state index is 12.3. The summed E-state index contributed by atoms with van der Waals surface area (Å²) in [7, 11) is 0. The Morgan fingerprint density at radius 3 is 2.45 bits per heavy atom. The minimum absolute atomic E-state index is 0.00676. The van der Waals surface area contributed by atoms with Gasteiger partial charge in [0.25, 0.3) is 11.8 Å². The van der Waals surface area contributed by atoms with E-state index < -0.39 is 11.8 Å². The van der Waals surface area contributed by atoms with E-state index in [1.54, 1.807) is 24.3 Å². The molecule has 0 unspecified atom stereocenters. The van der Waals surface area contributed by atoms with Crippen molar-refractivity contribution in [2.45, 2.75) is 33.1 Å². The van der Waals surface area contributed by atoms with E-state index in [2.05, 4.69) is 52.9 Å². The molecule has 3 N–H and O–H groups in total. The molecule has 0 spiro atoms. The summed E-state index contributed by atoms with van der Waals surface area (Å²) in [5, 5.41) is 2.44. The standard InChI is InChI=1S/C22H26BrN3O4S/c1-5-29-16-8-6-7-14(11-16)20(28)24-21(31)26-25-19(27)13-30-18-10-9-15(12-17(18)23)22(2,3)4/h6-12H,5,13H2,1-4H3,(H,25,27)(H2,24,26,28,31). The predicted molar refractivity (Wildman–Crippen MR) is 127 cm³/mol. The minimum Gasteiger partial charge on any atom is -0.494 e. The SMILES string of the molecule is CCOc1cccc(C(=O)NC(=S)NNC(=O)COc2ccc(C(C)(C)C)cc2Br)c1. The molecule has 31 heavy (non-hydrogen) atoms. The van der Waals surface area contributed by atoms with Crippen molar-refractivity contribution in [3.05, 3.63) is 58.1 Å². The zero-order chi connectivity index (χ0) is 23.0. The summed E-state index contributed by atoms with van der Waals surface area (Å²) in [5.41, 5.74) is 6.40. The molecular formula is C22H26BrN3O4S. The Bertz CT molecular complexity index is 960. The van der Waals surface area contributed by atoms with Crippen LogP contribution in [0.5, 0.6) is 11.5 Å². The molecule has 0 heterocycles. The highest BCUT2D eigenvalue weighted by Gasteiger charge is 2.16. The van der Waals surface area contributed by atoms with Gasteiger partial charge in [0.2, 0.25) is 0 Å². The third-order valence-corrected chi connectivity index (χ3v) is 4.93. The molecule has 0 saturated carbocycles. The van der Waals surface area contributed by atoms with Crippen molar-refractivity contribution in [1.29, 1.82) is 0 Å². The van der Waals surface area contributed by atoms with Crippen LogP contribution < -0.4 is 25.6 Å². The molecule has 2 aromatic rings. The monoisotopic (exact) mass is 507 g/mol. The Morgan fingerprint density at radius 2 is 1.81 bits per heavy atom. The minimum atomic E-state index is -0.457. The molecule has 0 atom stereocenters. The van der Waals surface area contributed by atoms with Crippen LogP contribution in [-0.4, -0.2) is 30.1 Å². The number of ether oxygens (including phenoxy) is 2. The van der Waals surface area contributed by atoms with E-state index in [0.29, 0.717) is 23.7 Å². The topological polar surface area (TPSA) is 88.7 Å². The van der Waals surface area contributed by atoms with Gasteiger partial charge in [-0.1, -0.05) is 32.9 Å². The molecule has 0 aliphatic carbocycles. The van der Waals surface area contributed by atoms with Crippen LogP contribution in [0.25, 0.3) is 0 Å². The van der Waals surface area contributed by atoms with Crippen molar-refractivity contribution in [2.75, 3.05) is 13.2 Å². The number of nitrogens with one attached hydrogen (secondary N) is 3. The van der Waals surface area contributed by atoms with Crippen molar-refractivity contribution in [3.63, 3.8) is 0 Å². The highest BCUT2D eigenvalue weighted by atomic mass is 79.9. The fourth-order valence-corrected chi connectivity index (χ4v) is 3.13. The molecule has 9 heteroatoms. The van der Waals surface area contributed by atoms with Crippen LogP contribution in [0.15, 0.2) is 46.9 Å². The number of hydrogen-bond acceptors (Lipinski definition) is 5. The van der Waals surface area contributed by atoms with E-state index >= 15 is 0 Å². The molecular weight excluding hydrogens is 482 g/mol. The van der Waals surface area contributed by atoms with Crippen LogP contribution >= 0.6 is 28.1 Å². The summed E-state index contributed by atoms with van der Waals surface area (Å²) in [5.74, 6) is 0.253. The third-order valence-electron chi connectivity index (χ3n) is 4.11. The fraction of sp³-hybridized carbons (Fsp3) is 0.318. The van der Waals surface area contributed by atoms with Gasteiger partial charge in [0, 0.05) is 5.56 Å². The summed E-state index contributed by atoms with van der Waals surface area (Å²) in [6, 6.07) is 12.4. The fourth-order valence-electron chi connectivity index (χ4n) is 2.49. The van der Waals surface area contributed by atoms with Crippen molar-refractivity contribution in [1.82, 2.24) is 16.2 Å². The second kappa shape index (κ2) is 11.1. The number of thiocarbonyl (C=S) groups is 1. The quantitative estimate of drug-likeness (QED) is 0.406. The zero-order valence-corrected chi connectivity index (χ0v) is 20.3. The Morgan fingerprint density at radius 1 is 1.06 bits per heavy atom. The van der Waals surface area contributed by atoms with Crippen LogP contribution in [0.3, 0.4) is 0 Å². The van der Waals surface area contributed by atoms with Crippen LogP contribution in [0.2, 0.25) is 0 Å². The van der Waals surface area contributed by atoms with Gasteiger partial charge in [-0.2, -0.15) is 0 Å². The van der Waals surface area contributed by atoms with Gasteiger partial charge in [-0.05, 0) is 76.4 Å². The summed E-state index contributed by atoms with van der Waals surface area (Å²) in [6.07, 6.45) is 0. The van der Waals surface area contributed by atoms with Gasteiger partial charge < -0.3 is 9.47 Å². The number of halogens is 1. The molecule has 0 aliphatic heterocycles. The zero-order valence-electron chi connectivity index (χ0n) is 17.9. The molecule has 0 aliphatic rings. The number of amides is 2. The van der Waals surface area contributed by atoms with E-state index in [0.717, 1.165) is 10.0 Å². The van der Waals surface area contributed by atoms with Crippen molar-refractivity contribution < 1.29 is 19.1 Å². The molecule has 2 rings (SSSR count). The lowest BCUT2D eigenvalue weighted by Crippen LogP contribution is -2.49. The second-order valence-corrected chi connectivity index (χ2v) is 8.86. The molecule has 166 valence electrons. The van der Waals surface area contributed by atoms with Gasteiger partial charge in [0.05, 0.1) is 11.1 Å². The van der Waals surface area contributed by atoms with Crippen LogP contribution in [0.1, 0.15) is 43.6 Å². The first kappa shape index (κ1) is 24.6. The Hall–Kier alpha value is -2.65. The summed E-state index contributed by atoms with van der Waals surface area (Å²) >= 11 is 8.51. The molecule has 0 radical (unpaired) electrons. The molecule has 7 nitrogen and oxygen atoms in total. The first-order valence-electron chi connectivity index (χ1n) is 9.66. The molecule has 0 aromatic heterocycles. The summed E-state index contributed by atoms with van der Waals surface area (Å²) in [6.45, 7) is 8.48. The number of hydrogen-bond donors (Lipinski definition) is 3. The van der Waals surface area contributed by atoms with Gasteiger partial charge in [0.1, 0.15) is 11.5 Å². The predicted octanol–water partition coefficient (Wildman–Crippen LogP) is 3.86. The molecule has 2 amide bonds. The lowest BCUT2D eigenvalue weighted by atomic mass is 9.87. The molecule has 0 fully saturated rings. The maximum atomic E-state index is 12.3. The Labute approximate surface area is 196 Å². The normalized spacial score (nSPS) is 10.7. The molecule has 0 bridgehead atoms. The second-order valence-electron chi connectivity index (χ2n) is 7.60. The van der Waals surface area contributed by atoms with Gasteiger partial charge >= 0.3 is 0 Å². The number of rotatable bonds is 6. The van der Waals surface area contributed by atoms with Crippen LogP contribution in [-0.2, 0) is 10.2 Å². The van der Waals surface area contributed by atoms with Crippen LogP contribution in [0, 0.1) is 0 Å². The van der Waals surface area contributed by atoms with Crippen molar-refractivity contribution in [2.24, 2.45) is 0 Å². The van der Waals surface area contributed by atoms with Gasteiger partial charge in [-0.15, -0.1) is 0 Å². The number of hydrazine groups is 1. The lowest BCUT2D eigenvalue weighted by Gasteiger charge is -2.20. The van der Waals surface area contributed by atoms with Crippen LogP contribution in [0.4, 0.5) is 0 Å². The van der Waals surface area contributed by atoms with Crippen molar-refractivity contribution >= 4 is 45.1 Å². The third kappa shape index (κ3) is 7.84. The van der Waals surface area contributed by atoms with E-state index in [1.807, 2.05) is 25.1 Å². The first-order chi connectivity index (χ1) is 14.6. The molecule has 0 saturated heterocycles. The highest BCUT2D eigenvalue weighted by molar-refractivity contribution is 9.10. The van der Waals surface area contributed by atoms with Gasteiger partial charge in [0.15, 0.2) is 11.7 Å². The highest BCUT2D eigenvalue weighted by Crippen LogP contribution is 2.31. The summed E-state index contributed by atoms with van der Waals surface area (Å²) < 4.78 is 11.7. The average Bonchev–Trinajstić information content (AvgIpc) is 2.71. The number of benzene rings is 2. The van der Waals surface area contributed by atoms with E-state index in [9.17, 15) is 9.59 Å².